The molecule has 0 amide bonds. The lowest BCUT2D eigenvalue weighted by molar-refractivity contribution is -0.137. The van der Waals surface area contributed by atoms with Crippen molar-refractivity contribution in [3.63, 3.8) is 0 Å². The minimum Gasteiger partial charge on any atom is -0.370 e. The summed E-state index contributed by atoms with van der Waals surface area (Å²) in [6.07, 6.45) is 0.771. The first-order valence-corrected chi connectivity index (χ1v) is 8.81. The second-order valence-corrected chi connectivity index (χ2v) is 6.60. The minimum absolute atomic E-state index is 0.0487. The molecule has 3 aromatic rings. The van der Waals surface area contributed by atoms with E-state index in [0.717, 1.165) is 23.4 Å². The number of pyridine rings is 1. The van der Waals surface area contributed by atoms with Gasteiger partial charge in [0.15, 0.2) is 0 Å². The lowest BCUT2D eigenvalue weighted by Gasteiger charge is -2.19. The molecule has 0 unspecified atom stereocenters. The van der Waals surface area contributed by atoms with E-state index < -0.39 is 11.7 Å². The Balaban J connectivity index is 1.41. The maximum Gasteiger partial charge on any atom is 0.416 e. The molecule has 146 valence electrons. The van der Waals surface area contributed by atoms with E-state index >= 15 is 0 Å². The van der Waals surface area contributed by atoms with E-state index in [2.05, 4.69) is 20.6 Å². The first-order chi connectivity index (χ1) is 13.5. The molecule has 1 saturated heterocycles. The van der Waals surface area contributed by atoms with Crippen molar-refractivity contribution >= 4 is 0 Å². The number of rotatable bonds is 5. The Kier molecular flexibility index (Phi) is 5.10. The third-order valence-electron chi connectivity index (χ3n) is 4.68. The Morgan fingerprint density at radius 2 is 1.96 bits per heavy atom. The Bertz CT molecular complexity index is 911. The van der Waals surface area contributed by atoms with Gasteiger partial charge in [-0.15, -0.1) is 5.10 Å². The lowest BCUT2D eigenvalue weighted by atomic mass is 10.1. The van der Waals surface area contributed by atoms with Gasteiger partial charge in [0.2, 0.25) is 0 Å². The largest absolute Gasteiger partial charge is 0.416 e. The molecule has 1 N–H and O–H groups in total. The molecule has 1 fully saturated rings. The van der Waals surface area contributed by atoms with Crippen LogP contribution in [-0.4, -0.2) is 39.2 Å². The highest BCUT2D eigenvalue weighted by Crippen LogP contribution is 2.29. The average Bonchev–Trinajstić information content (AvgIpc) is 3.36. The summed E-state index contributed by atoms with van der Waals surface area (Å²) in [4.78, 5) is 4.08. The fourth-order valence-electron chi connectivity index (χ4n) is 3.15. The molecule has 1 aromatic carbocycles. The van der Waals surface area contributed by atoms with Crippen LogP contribution in [0.3, 0.4) is 0 Å². The van der Waals surface area contributed by atoms with Gasteiger partial charge in [-0.3, -0.25) is 4.98 Å². The number of ether oxygens (including phenoxy) is 1. The molecule has 2 aromatic heterocycles. The molecule has 4 rings (SSSR count). The fourth-order valence-corrected chi connectivity index (χ4v) is 3.15. The van der Waals surface area contributed by atoms with Crippen LogP contribution in [0.25, 0.3) is 11.3 Å². The van der Waals surface area contributed by atoms with Crippen molar-refractivity contribution in [3.05, 3.63) is 66.1 Å². The van der Waals surface area contributed by atoms with Crippen molar-refractivity contribution in [2.75, 3.05) is 13.1 Å². The summed E-state index contributed by atoms with van der Waals surface area (Å²) in [6, 6.07) is 8.72. The van der Waals surface area contributed by atoms with Crippen LogP contribution in [0.4, 0.5) is 13.2 Å². The van der Waals surface area contributed by atoms with Gasteiger partial charge >= 0.3 is 6.18 Å². The molecule has 0 spiro atoms. The highest BCUT2D eigenvalue weighted by Gasteiger charge is 2.31. The average molecular weight is 389 g/mol. The van der Waals surface area contributed by atoms with E-state index in [1.54, 1.807) is 17.1 Å². The van der Waals surface area contributed by atoms with Gasteiger partial charge in [-0.05, 0) is 29.8 Å². The third kappa shape index (κ3) is 4.05. The van der Waals surface area contributed by atoms with Gasteiger partial charge in [-0.25, -0.2) is 4.68 Å². The second kappa shape index (κ2) is 7.69. The van der Waals surface area contributed by atoms with Crippen LogP contribution in [0.1, 0.15) is 17.2 Å². The number of aromatic nitrogens is 4. The van der Waals surface area contributed by atoms with Crippen LogP contribution in [0.5, 0.6) is 0 Å². The number of benzene rings is 1. The fraction of sp³-hybridized carbons (Fsp3) is 0.316. The summed E-state index contributed by atoms with van der Waals surface area (Å²) >= 11 is 0. The zero-order chi connectivity index (χ0) is 19.6. The van der Waals surface area contributed by atoms with E-state index in [-0.39, 0.29) is 18.8 Å². The van der Waals surface area contributed by atoms with Crippen LogP contribution in [0.2, 0.25) is 0 Å². The van der Waals surface area contributed by atoms with Crippen molar-refractivity contribution in [2.45, 2.75) is 24.9 Å². The maximum atomic E-state index is 12.7. The van der Waals surface area contributed by atoms with Crippen molar-refractivity contribution < 1.29 is 17.9 Å². The van der Waals surface area contributed by atoms with Crippen LogP contribution < -0.4 is 5.32 Å². The van der Waals surface area contributed by atoms with Gasteiger partial charge in [-0.1, -0.05) is 17.3 Å². The van der Waals surface area contributed by atoms with Gasteiger partial charge < -0.3 is 10.1 Å². The van der Waals surface area contributed by atoms with Crippen molar-refractivity contribution in [3.8, 4) is 11.3 Å². The highest BCUT2D eigenvalue weighted by molar-refractivity contribution is 5.55. The molecule has 6 nitrogen and oxygen atoms in total. The molecule has 1 aliphatic heterocycles. The number of halogens is 3. The molecular formula is C19H18F3N5O. The minimum atomic E-state index is -4.33. The molecule has 0 bridgehead atoms. The Labute approximate surface area is 159 Å². The number of hydrogen-bond acceptors (Lipinski definition) is 5. The van der Waals surface area contributed by atoms with Gasteiger partial charge in [-0.2, -0.15) is 13.2 Å². The molecule has 1 aliphatic rings. The van der Waals surface area contributed by atoms with Gasteiger partial charge in [0, 0.05) is 31.0 Å². The zero-order valence-electron chi connectivity index (χ0n) is 14.8. The Hall–Kier alpha value is -2.78. The number of hydrogen-bond donors (Lipinski definition) is 1. The summed E-state index contributed by atoms with van der Waals surface area (Å²) in [7, 11) is 0. The normalized spacial score (nSPS) is 19.8. The van der Waals surface area contributed by atoms with Crippen molar-refractivity contribution in [2.24, 2.45) is 0 Å². The maximum absolute atomic E-state index is 12.7. The molecule has 3 heterocycles. The summed E-state index contributed by atoms with van der Waals surface area (Å²) in [5, 5.41) is 11.7. The van der Waals surface area contributed by atoms with Crippen LogP contribution in [0, 0.1) is 0 Å². The van der Waals surface area contributed by atoms with Crippen LogP contribution in [-0.2, 0) is 17.5 Å². The van der Waals surface area contributed by atoms with Crippen LogP contribution in [0.15, 0.2) is 55.0 Å². The summed E-state index contributed by atoms with van der Waals surface area (Å²) in [6.45, 7) is 1.53. The predicted molar refractivity (Wildman–Crippen MR) is 95.2 cm³/mol. The summed E-state index contributed by atoms with van der Waals surface area (Å²) in [5.41, 5.74) is 1.62. The standard InChI is InChI=1S/C19H18F3N5O/c20-19(21,22)15-5-3-13(4-6-15)12-28-18-10-24-9-17(18)27-11-16(25-26-27)14-2-1-7-23-8-14/h1-8,11,17-18,24H,9-10,12H2/t17-,18-/m1/s1. The van der Waals surface area contributed by atoms with Crippen molar-refractivity contribution in [1.82, 2.24) is 25.3 Å². The SMILES string of the molecule is FC(F)(F)c1ccc(CO[C@@H]2CNC[C@H]2n2cc(-c3cccnc3)nn2)cc1. The quantitative estimate of drug-likeness (QED) is 0.727. The second-order valence-electron chi connectivity index (χ2n) is 6.60. The molecular weight excluding hydrogens is 371 g/mol. The van der Waals surface area contributed by atoms with Gasteiger partial charge in [0.1, 0.15) is 5.69 Å². The molecule has 28 heavy (non-hydrogen) atoms. The lowest BCUT2D eigenvalue weighted by Crippen LogP contribution is -2.26. The highest BCUT2D eigenvalue weighted by atomic mass is 19.4. The van der Waals surface area contributed by atoms with Gasteiger partial charge in [0.25, 0.3) is 0 Å². The topological polar surface area (TPSA) is 64.9 Å². The van der Waals surface area contributed by atoms with Gasteiger partial charge in [0.05, 0.1) is 30.5 Å². The first-order valence-electron chi connectivity index (χ1n) is 8.81. The molecule has 0 saturated carbocycles. The Morgan fingerprint density at radius 1 is 1.14 bits per heavy atom. The third-order valence-corrected chi connectivity index (χ3v) is 4.68. The predicted octanol–water partition coefficient (Wildman–Crippen LogP) is 3.09. The smallest absolute Gasteiger partial charge is 0.370 e. The van der Waals surface area contributed by atoms with E-state index in [4.69, 9.17) is 4.74 Å². The monoisotopic (exact) mass is 389 g/mol. The number of nitrogens with one attached hydrogen (secondary N) is 1. The van der Waals surface area contributed by atoms with Crippen molar-refractivity contribution in [1.29, 1.82) is 0 Å². The molecule has 0 radical (unpaired) electrons. The van der Waals surface area contributed by atoms with E-state index in [9.17, 15) is 13.2 Å². The molecule has 2 atom stereocenters. The summed E-state index contributed by atoms with van der Waals surface area (Å²) < 4.78 is 45.7. The van der Waals surface area contributed by atoms with E-state index in [1.165, 1.54) is 12.1 Å². The summed E-state index contributed by atoms with van der Waals surface area (Å²) in [5.74, 6) is 0. The van der Waals surface area contributed by atoms with E-state index in [0.29, 0.717) is 18.7 Å². The van der Waals surface area contributed by atoms with Crippen LogP contribution >= 0.6 is 0 Å². The number of nitrogens with zero attached hydrogens (tertiary/aromatic N) is 4. The van der Waals surface area contributed by atoms with E-state index in [1.807, 2.05) is 18.3 Å². The molecule has 9 heteroatoms. The number of alkyl halides is 3. The first kappa shape index (κ1) is 18.6. The Morgan fingerprint density at radius 3 is 2.68 bits per heavy atom. The zero-order valence-corrected chi connectivity index (χ0v) is 14.8. The molecule has 0 aliphatic carbocycles.